The molecule has 5 nitrogen and oxygen atoms in total. The number of hydrogen-bond donors (Lipinski definition) is 2. The van der Waals surface area contributed by atoms with E-state index < -0.39 is 11.0 Å². The first-order valence-corrected chi connectivity index (χ1v) is 6.72. The van der Waals surface area contributed by atoms with Crippen LogP contribution in [0.1, 0.15) is 37.9 Å². The number of nitro groups is 1. The lowest BCUT2D eigenvalue weighted by atomic mass is 9.90. The third kappa shape index (κ3) is 3.75. The number of benzene rings is 1. The van der Waals surface area contributed by atoms with Gasteiger partial charge in [-0.05, 0) is 49.4 Å². The molecule has 0 saturated carbocycles. The minimum Gasteiger partial charge on any atom is -0.388 e. The predicted octanol–water partition coefficient (Wildman–Crippen LogP) is 2.41. The molecule has 1 fully saturated rings. The van der Waals surface area contributed by atoms with Crippen LogP contribution < -0.4 is 5.32 Å². The molecule has 3 atom stereocenters. The molecule has 0 aromatic heterocycles. The van der Waals surface area contributed by atoms with Crippen molar-refractivity contribution in [3.63, 3.8) is 0 Å². The lowest BCUT2D eigenvalue weighted by Crippen LogP contribution is -2.38. The molecule has 1 aromatic carbocycles. The molecule has 2 N–H and O–H groups in total. The van der Waals surface area contributed by atoms with Crippen molar-refractivity contribution in [2.24, 2.45) is 5.92 Å². The fourth-order valence-electron chi connectivity index (χ4n) is 2.62. The van der Waals surface area contributed by atoms with Gasteiger partial charge in [-0.15, -0.1) is 0 Å². The van der Waals surface area contributed by atoms with Gasteiger partial charge in [-0.1, -0.05) is 6.92 Å². The minimum atomic E-state index is -0.566. The number of rotatable bonds is 4. The monoisotopic (exact) mass is 264 g/mol. The SMILES string of the molecule is CC1CCNC(CC(O)c2ccc([N+](=O)[O-])cc2)C1. The van der Waals surface area contributed by atoms with Gasteiger partial charge < -0.3 is 10.4 Å². The second-order valence-electron chi connectivity index (χ2n) is 5.38. The maximum Gasteiger partial charge on any atom is 0.269 e. The number of non-ortho nitro benzene ring substituents is 1. The highest BCUT2D eigenvalue weighted by Crippen LogP contribution is 2.25. The average molecular weight is 264 g/mol. The summed E-state index contributed by atoms with van der Waals surface area (Å²) in [7, 11) is 0. The van der Waals surface area contributed by atoms with Gasteiger partial charge >= 0.3 is 0 Å². The van der Waals surface area contributed by atoms with E-state index in [1.54, 1.807) is 12.1 Å². The summed E-state index contributed by atoms with van der Waals surface area (Å²) in [5.41, 5.74) is 0.797. The number of piperidine rings is 1. The molecule has 1 heterocycles. The van der Waals surface area contributed by atoms with E-state index in [9.17, 15) is 15.2 Å². The lowest BCUT2D eigenvalue weighted by Gasteiger charge is -2.29. The summed E-state index contributed by atoms with van der Waals surface area (Å²) in [6.45, 7) is 3.23. The normalized spacial score (nSPS) is 24.9. The van der Waals surface area contributed by atoms with E-state index in [1.165, 1.54) is 18.6 Å². The zero-order valence-electron chi connectivity index (χ0n) is 11.1. The highest BCUT2D eigenvalue weighted by molar-refractivity contribution is 5.33. The third-order valence-electron chi connectivity index (χ3n) is 3.75. The Morgan fingerprint density at radius 3 is 2.74 bits per heavy atom. The average Bonchev–Trinajstić information content (AvgIpc) is 2.39. The fourth-order valence-corrected chi connectivity index (χ4v) is 2.62. The minimum absolute atomic E-state index is 0.0559. The van der Waals surface area contributed by atoms with Crippen LogP contribution in [0.5, 0.6) is 0 Å². The molecule has 0 bridgehead atoms. The van der Waals surface area contributed by atoms with Crippen molar-refractivity contribution < 1.29 is 10.0 Å². The van der Waals surface area contributed by atoms with Crippen molar-refractivity contribution in [3.05, 3.63) is 39.9 Å². The molecule has 2 rings (SSSR count). The number of nitrogens with one attached hydrogen (secondary N) is 1. The van der Waals surface area contributed by atoms with Gasteiger partial charge in [0.25, 0.3) is 5.69 Å². The van der Waals surface area contributed by atoms with E-state index in [4.69, 9.17) is 0 Å². The standard InChI is InChI=1S/C14H20N2O3/c1-10-6-7-15-12(8-10)9-14(17)11-2-4-13(5-3-11)16(18)19/h2-5,10,12,14-15,17H,6-9H2,1H3. The summed E-state index contributed by atoms with van der Waals surface area (Å²) in [6.07, 6.45) is 2.35. The van der Waals surface area contributed by atoms with Gasteiger partial charge in [-0.2, -0.15) is 0 Å². The van der Waals surface area contributed by atoms with Gasteiger partial charge in [0.05, 0.1) is 11.0 Å². The quantitative estimate of drug-likeness (QED) is 0.647. The molecule has 104 valence electrons. The van der Waals surface area contributed by atoms with Crippen LogP contribution >= 0.6 is 0 Å². The van der Waals surface area contributed by atoms with E-state index in [0.717, 1.165) is 18.5 Å². The Bertz CT molecular complexity index is 433. The number of nitrogens with zero attached hydrogens (tertiary/aromatic N) is 1. The molecule has 0 spiro atoms. The van der Waals surface area contributed by atoms with Gasteiger partial charge in [0.15, 0.2) is 0 Å². The summed E-state index contributed by atoms with van der Waals surface area (Å²) >= 11 is 0. The second kappa shape index (κ2) is 6.12. The van der Waals surface area contributed by atoms with Crippen LogP contribution in [-0.2, 0) is 0 Å². The first kappa shape index (κ1) is 14.0. The summed E-state index contributed by atoms with van der Waals surface area (Å²) in [5, 5.41) is 24.2. The zero-order chi connectivity index (χ0) is 13.8. The molecular formula is C14H20N2O3. The Kier molecular flexibility index (Phi) is 4.50. The highest BCUT2D eigenvalue weighted by Gasteiger charge is 2.21. The van der Waals surface area contributed by atoms with Gasteiger partial charge in [-0.25, -0.2) is 0 Å². The van der Waals surface area contributed by atoms with Crippen molar-refractivity contribution in [3.8, 4) is 0 Å². The molecule has 3 unspecified atom stereocenters. The molecule has 0 amide bonds. The zero-order valence-corrected chi connectivity index (χ0v) is 11.1. The summed E-state index contributed by atoms with van der Waals surface area (Å²) < 4.78 is 0. The van der Waals surface area contributed by atoms with Crippen LogP contribution in [0.15, 0.2) is 24.3 Å². The van der Waals surface area contributed by atoms with Gasteiger partial charge in [0, 0.05) is 18.2 Å². The van der Waals surface area contributed by atoms with Crippen LogP contribution in [0.3, 0.4) is 0 Å². The summed E-state index contributed by atoms with van der Waals surface area (Å²) in [5.74, 6) is 0.690. The van der Waals surface area contributed by atoms with Crippen molar-refractivity contribution >= 4 is 5.69 Å². The molecule has 5 heteroatoms. The Labute approximate surface area is 112 Å². The number of aliphatic hydroxyl groups is 1. The molecule has 0 radical (unpaired) electrons. The summed E-state index contributed by atoms with van der Waals surface area (Å²) in [4.78, 5) is 10.1. The molecule has 19 heavy (non-hydrogen) atoms. The van der Waals surface area contributed by atoms with Crippen molar-refractivity contribution in [2.45, 2.75) is 38.3 Å². The van der Waals surface area contributed by atoms with E-state index >= 15 is 0 Å². The Balaban J connectivity index is 1.95. The van der Waals surface area contributed by atoms with Crippen molar-refractivity contribution in [2.75, 3.05) is 6.54 Å². The lowest BCUT2D eigenvalue weighted by molar-refractivity contribution is -0.384. The van der Waals surface area contributed by atoms with Gasteiger partial charge in [-0.3, -0.25) is 10.1 Å². The molecule has 0 aliphatic carbocycles. The molecule has 1 saturated heterocycles. The Hall–Kier alpha value is -1.46. The number of nitro benzene ring substituents is 1. The smallest absolute Gasteiger partial charge is 0.269 e. The Morgan fingerprint density at radius 2 is 2.16 bits per heavy atom. The van der Waals surface area contributed by atoms with Crippen LogP contribution in [0, 0.1) is 16.0 Å². The van der Waals surface area contributed by atoms with Crippen molar-refractivity contribution in [1.29, 1.82) is 0 Å². The predicted molar refractivity (Wildman–Crippen MR) is 72.9 cm³/mol. The number of hydrogen-bond acceptors (Lipinski definition) is 4. The van der Waals surface area contributed by atoms with E-state index in [2.05, 4.69) is 12.2 Å². The fraction of sp³-hybridized carbons (Fsp3) is 0.571. The van der Waals surface area contributed by atoms with Gasteiger partial charge in [0.2, 0.25) is 0 Å². The van der Waals surface area contributed by atoms with E-state index in [-0.39, 0.29) is 5.69 Å². The largest absolute Gasteiger partial charge is 0.388 e. The van der Waals surface area contributed by atoms with E-state index in [0.29, 0.717) is 18.4 Å². The Morgan fingerprint density at radius 1 is 1.47 bits per heavy atom. The van der Waals surface area contributed by atoms with Crippen LogP contribution in [-0.4, -0.2) is 22.6 Å². The topological polar surface area (TPSA) is 75.4 Å². The molecule has 1 aliphatic heterocycles. The van der Waals surface area contributed by atoms with Crippen molar-refractivity contribution in [1.82, 2.24) is 5.32 Å². The van der Waals surface area contributed by atoms with Crippen LogP contribution in [0.2, 0.25) is 0 Å². The summed E-state index contributed by atoms with van der Waals surface area (Å²) in [6, 6.07) is 6.48. The van der Waals surface area contributed by atoms with Gasteiger partial charge in [0.1, 0.15) is 0 Å². The maximum absolute atomic E-state index is 10.6. The maximum atomic E-state index is 10.6. The van der Waals surface area contributed by atoms with Crippen LogP contribution in [0.25, 0.3) is 0 Å². The first-order chi connectivity index (χ1) is 9.06. The highest BCUT2D eigenvalue weighted by atomic mass is 16.6. The molecular weight excluding hydrogens is 244 g/mol. The number of aliphatic hydroxyl groups excluding tert-OH is 1. The first-order valence-electron chi connectivity index (χ1n) is 6.72. The molecule has 1 aromatic rings. The second-order valence-corrected chi connectivity index (χ2v) is 5.38. The third-order valence-corrected chi connectivity index (χ3v) is 3.75. The molecule has 1 aliphatic rings. The van der Waals surface area contributed by atoms with Crippen LogP contribution in [0.4, 0.5) is 5.69 Å². The van der Waals surface area contributed by atoms with E-state index in [1.807, 2.05) is 0 Å².